The van der Waals surface area contributed by atoms with Gasteiger partial charge in [0.05, 0.1) is 17.2 Å². The standard InChI is InChI=1S/C18H23N3O/c1-2-16-12-17(22-20-16)13-21-10-8-18(14-19,9-11-21)15-6-4-3-5-7-15/h3-7,17H,2,8-13H2,1H3/t17-/m1/s1. The van der Waals surface area contributed by atoms with Gasteiger partial charge in [0.15, 0.2) is 0 Å². The van der Waals surface area contributed by atoms with Gasteiger partial charge in [0.1, 0.15) is 6.10 Å². The van der Waals surface area contributed by atoms with E-state index >= 15 is 0 Å². The van der Waals surface area contributed by atoms with Gasteiger partial charge in [0, 0.05) is 26.1 Å². The topological polar surface area (TPSA) is 48.6 Å². The summed E-state index contributed by atoms with van der Waals surface area (Å²) in [6.07, 6.45) is 3.90. The van der Waals surface area contributed by atoms with Crippen LogP contribution in [0.3, 0.4) is 0 Å². The van der Waals surface area contributed by atoms with E-state index in [1.807, 2.05) is 18.2 Å². The first-order valence-electron chi connectivity index (χ1n) is 8.16. The minimum absolute atomic E-state index is 0.196. The molecule has 0 aliphatic carbocycles. The van der Waals surface area contributed by atoms with Gasteiger partial charge in [0.2, 0.25) is 0 Å². The SMILES string of the molecule is CCC1=NO[C@@H](CN2CCC(C#N)(c3ccccc3)CC2)C1. The maximum Gasteiger partial charge on any atom is 0.145 e. The van der Waals surface area contributed by atoms with Crippen molar-refractivity contribution in [2.24, 2.45) is 5.16 Å². The largest absolute Gasteiger partial charge is 0.391 e. The van der Waals surface area contributed by atoms with Gasteiger partial charge in [-0.3, -0.25) is 4.90 Å². The van der Waals surface area contributed by atoms with Gasteiger partial charge in [-0.05, 0) is 24.8 Å². The molecule has 4 nitrogen and oxygen atoms in total. The number of nitriles is 1. The highest BCUT2D eigenvalue weighted by molar-refractivity contribution is 5.85. The fourth-order valence-corrected chi connectivity index (χ4v) is 3.42. The normalized spacial score (nSPS) is 24.4. The second-order valence-corrected chi connectivity index (χ2v) is 6.30. The zero-order valence-electron chi connectivity index (χ0n) is 13.2. The van der Waals surface area contributed by atoms with Gasteiger partial charge in [-0.25, -0.2) is 0 Å². The first-order valence-corrected chi connectivity index (χ1v) is 8.16. The van der Waals surface area contributed by atoms with E-state index in [-0.39, 0.29) is 11.5 Å². The van der Waals surface area contributed by atoms with Gasteiger partial charge in [0.25, 0.3) is 0 Å². The quantitative estimate of drug-likeness (QED) is 0.858. The van der Waals surface area contributed by atoms with Gasteiger partial charge >= 0.3 is 0 Å². The number of hydrogen-bond donors (Lipinski definition) is 0. The number of piperidine rings is 1. The summed E-state index contributed by atoms with van der Waals surface area (Å²) in [5.41, 5.74) is 2.00. The fourth-order valence-electron chi connectivity index (χ4n) is 3.42. The van der Waals surface area contributed by atoms with Gasteiger partial charge in [-0.1, -0.05) is 42.4 Å². The van der Waals surface area contributed by atoms with Crippen LogP contribution in [-0.2, 0) is 10.3 Å². The molecule has 3 rings (SSSR count). The van der Waals surface area contributed by atoms with Crippen LogP contribution in [0.1, 0.15) is 38.2 Å². The van der Waals surface area contributed by atoms with Crippen LogP contribution in [0.2, 0.25) is 0 Å². The van der Waals surface area contributed by atoms with E-state index in [9.17, 15) is 5.26 Å². The Morgan fingerprint density at radius 2 is 2.05 bits per heavy atom. The highest BCUT2D eigenvalue weighted by Gasteiger charge is 2.37. The first kappa shape index (κ1) is 15.1. The van der Waals surface area contributed by atoms with Crippen molar-refractivity contribution in [3.63, 3.8) is 0 Å². The molecule has 4 heteroatoms. The number of hydrogen-bond acceptors (Lipinski definition) is 4. The molecule has 2 aliphatic heterocycles. The molecule has 0 N–H and O–H groups in total. The van der Waals surface area contributed by atoms with E-state index in [1.54, 1.807) is 0 Å². The van der Waals surface area contributed by atoms with Crippen LogP contribution in [0.25, 0.3) is 0 Å². The van der Waals surface area contributed by atoms with Crippen molar-refractivity contribution in [2.75, 3.05) is 19.6 Å². The lowest BCUT2D eigenvalue weighted by atomic mass is 9.74. The molecule has 0 amide bonds. The van der Waals surface area contributed by atoms with Crippen LogP contribution in [0.5, 0.6) is 0 Å². The van der Waals surface area contributed by atoms with E-state index < -0.39 is 0 Å². The van der Waals surface area contributed by atoms with E-state index in [0.29, 0.717) is 0 Å². The molecule has 0 saturated carbocycles. The van der Waals surface area contributed by atoms with E-state index in [0.717, 1.165) is 56.6 Å². The lowest BCUT2D eigenvalue weighted by Crippen LogP contribution is -2.44. The average Bonchev–Trinajstić information content (AvgIpc) is 3.04. The molecule has 1 atom stereocenters. The van der Waals surface area contributed by atoms with Crippen LogP contribution in [0.4, 0.5) is 0 Å². The second-order valence-electron chi connectivity index (χ2n) is 6.30. The van der Waals surface area contributed by atoms with Crippen molar-refractivity contribution < 1.29 is 4.84 Å². The summed E-state index contributed by atoms with van der Waals surface area (Å²) in [6, 6.07) is 12.8. The van der Waals surface area contributed by atoms with Crippen molar-refractivity contribution in [1.82, 2.24) is 4.90 Å². The third-order valence-electron chi connectivity index (χ3n) is 4.91. The Labute approximate surface area is 132 Å². The summed E-state index contributed by atoms with van der Waals surface area (Å²) in [7, 11) is 0. The lowest BCUT2D eigenvalue weighted by Gasteiger charge is -2.38. The minimum Gasteiger partial charge on any atom is -0.391 e. The molecule has 1 aromatic rings. The van der Waals surface area contributed by atoms with E-state index in [1.165, 1.54) is 0 Å². The monoisotopic (exact) mass is 297 g/mol. The van der Waals surface area contributed by atoms with Crippen LogP contribution in [0, 0.1) is 11.3 Å². The Morgan fingerprint density at radius 1 is 1.32 bits per heavy atom. The molecule has 0 spiro atoms. The Bertz CT molecular complexity index is 568. The Hall–Kier alpha value is -1.86. The van der Waals surface area contributed by atoms with Gasteiger partial charge in [-0.2, -0.15) is 5.26 Å². The van der Waals surface area contributed by atoms with Crippen molar-refractivity contribution >= 4 is 5.71 Å². The maximum atomic E-state index is 9.72. The Balaban J connectivity index is 1.57. The number of likely N-dealkylation sites (tertiary alicyclic amines) is 1. The molecular formula is C18H23N3O. The molecule has 2 heterocycles. The summed E-state index contributed by atoms with van der Waals surface area (Å²) >= 11 is 0. The number of oxime groups is 1. The zero-order chi connectivity index (χ0) is 15.4. The highest BCUT2D eigenvalue weighted by atomic mass is 16.6. The Morgan fingerprint density at radius 3 is 2.64 bits per heavy atom. The van der Waals surface area contributed by atoms with Crippen LogP contribution in [0.15, 0.2) is 35.5 Å². The van der Waals surface area contributed by atoms with Crippen molar-refractivity contribution in [3.05, 3.63) is 35.9 Å². The molecule has 1 fully saturated rings. The predicted molar refractivity (Wildman–Crippen MR) is 86.6 cm³/mol. The van der Waals surface area contributed by atoms with Crippen molar-refractivity contribution in [1.29, 1.82) is 5.26 Å². The third-order valence-corrected chi connectivity index (χ3v) is 4.91. The molecule has 22 heavy (non-hydrogen) atoms. The Kier molecular flexibility index (Phi) is 4.44. The molecule has 2 aliphatic rings. The summed E-state index contributed by atoms with van der Waals surface area (Å²) in [5.74, 6) is 0. The van der Waals surface area contributed by atoms with Gasteiger partial charge in [-0.15, -0.1) is 0 Å². The van der Waals surface area contributed by atoms with Crippen molar-refractivity contribution in [2.45, 2.75) is 44.1 Å². The first-order chi connectivity index (χ1) is 10.8. The number of nitrogens with zero attached hydrogens (tertiary/aromatic N) is 3. The van der Waals surface area contributed by atoms with Crippen LogP contribution in [-0.4, -0.2) is 36.3 Å². The molecule has 1 aromatic carbocycles. The molecule has 0 unspecified atom stereocenters. The lowest BCUT2D eigenvalue weighted by molar-refractivity contribution is 0.0421. The summed E-state index contributed by atoms with van der Waals surface area (Å²) in [4.78, 5) is 7.92. The molecule has 0 bridgehead atoms. The molecule has 116 valence electrons. The van der Waals surface area contributed by atoms with Crippen molar-refractivity contribution in [3.8, 4) is 6.07 Å². The zero-order valence-corrected chi connectivity index (χ0v) is 13.2. The number of rotatable bonds is 4. The molecule has 0 radical (unpaired) electrons. The smallest absolute Gasteiger partial charge is 0.145 e. The molecule has 1 saturated heterocycles. The third kappa shape index (κ3) is 3.00. The second kappa shape index (κ2) is 6.50. The minimum atomic E-state index is -0.320. The van der Waals surface area contributed by atoms with Crippen LogP contribution < -0.4 is 0 Å². The maximum absolute atomic E-state index is 9.72. The summed E-state index contributed by atoms with van der Waals surface area (Å²) in [6.45, 7) is 4.93. The fraction of sp³-hybridized carbons (Fsp3) is 0.556. The van der Waals surface area contributed by atoms with Crippen LogP contribution >= 0.6 is 0 Å². The molecular weight excluding hydrogens is 274 g/mol. The summed E-state index contributed by atoms with van der Waals surface area (Å²) in [5, 5.41) is 13.9. The number of benzene rings is 1. The highest BCUT2D eigenvalue weighted by Crippen LogP contribution is 2.35. The van der Waals surface area contributed by atoms with E-state index in [2.05, 4.69) is 35.2 Å². The van der Waals surface area contributed by atoms with E-state index in [4.69, 9.17) is 4.84 Å². The summed E-state index contributed by atoms with van der Waals surface area (Å²) < 4.78 is 0. The average molecular weight is 297 g/mol. The molecule has 0 aromatic heterocycles. The van der Waals surface area contributed by atoms with Gasteiger partial charge < -0.3 is 4.84 Å². The predicted octanol–water partition coefficient (Wildman–Crippen LogP) is 3.10.